The highest BCUT2D eigenvalue weighted by Crippen LogP contribution is 2.52. The maximum absolute atomic E-state index is 12.7. The van der Waals surface area contributed by atoms with Crippen molar-refractivity contribution in [1.82, 2.24) is 9.58 Å². The number of aryl methyl sites for hydroxylation is 1. The topological polar surface area (TPSA) is 54.7 Å². The fourth-order valence-electron chi connectivity index (χ4n) is 4.63. The molecule has 2 heterocycles. The number of imide groups is 1. The first-order chi connectivity index (χ1) is 13.0. The molecule has 5 nitrogen and oxygen atoms in total. The third kappa shape index (κ3) is 2.42. The summed E-state index contributed by atoms with van der Waals surface area (Å²) in [6, 6.07) is 9.55. The number of rotatable bonds is 3. The van der Waals surface area contributed by atoms with Gasteiger partial charge in [-0.2, -0.15) is 10.1 Å². The van der Waals surface area contributed by atoms with Gasteiger partial charge in [0.1, 0.15) is 0 Å². The largest absolute Gasteiger partial charge is 0.316 e. The fourth-order valence-corrected chi connectivity index (χ4v) is 4.75. The first kappa shape index (κ1) is 16.5. The van der Waals surface area contributed by atoms with Crippen molar-refractivity contribution < 1.29 is 9.59 Å². The van der Waals surface area contributed by atoms with Crippen molar-refractivity contribution in [2.75, 3.05) is 0 Å². The first-order valence-electron chi connectivity index (χ1n) is 9.08. The molecule has 4 atom stereocenters. The molecule has 3 aliphatic rings. The molecular formula is C21H18ClN3O2. The Morgan fingerprint density at radius 2 is 1.81 bits per heavy atom. The van der Waals surface area contributed by atoms with Crippen molar-refractivity contribution in [2.45, 2.75) is 13.3 Å². The third-order valence-electron chi connectivity index (χ3n) is 5.95. The van der Waals surface area contributed by atoms with Gasteiger partial charge in [-0.05, 0) is 61.1 Å². The Morgan fingerprint density at radius 1 is 1.11 bits per heavy atom. The van der Waals surface area contributed by atoms with Gasteiger partial charge in [-0.1, -0.05) is 23.8 Å². The number of nitrogens with zero attached hydrogens (tertiary/aromatic N) is 3. The van der Waals surface area contributed by atoms with Gasteiger partial charge in [-0.15, -0.1) is 0 Å². The summed E-state index contributed by atoms with van der Waals surface area (Å²) in [5.74, 6) is -0.405. The highest BCUT2D eigenvalue weighted by Gasteiger charge is 2.59. The Bertz CT molecular complexity index is 992. The minimum absolute atomic E-state index is 0.168. The monoisotopic (exact) mass is 379 g/mol. The molecule has 0 spiro atoms. The lowest BCUT2D eigenvalue weighted by molar-refractivity contribution is -0.140. The number of hydrogen-bond acceptors (Lipinski definition) is 3. The molecule has 0 radical (unpaired) electrons. The van der Waals surface area contributed by atoms with E-state index in [0.29, 0.717) is 5.02 Å². The number of aromatic nitrogens is 1. The standard InChI is InChI=1S/C21H18ClN3O2/c1-12-9-15(6-7-17(12)22)24-8-2-3-16(24)11-23-25-20(26)18-13-4-5-14(10-13)19(18)21(25)27/h2-9,11,13-14,18-19H,10H2,1H3. The van der Waals surface area contributed by atoms with E-state index < -0.39 is 0 Å². The summed E-state index contributed by atoms with van der Waals surface area (Å²) in [6.45, 7) is 1.95. The summed E-state index contributed by atoms with van der Waals surface area (Å²) in [6.07, 6.45) is 8.58. The van der Waals surface area contributed by atoms with Crippen LogP contribution in [0.5, 0.6) is 0 Å². The van der Waals surface area contributed by atoms with Crippen LogP contribution in [0, 0.1) is 30.6 Å². The Hall–Kier alpha value is -2.66. The Kier molecular flexibility index (Phi) is 3.62. The van der Waals surface area contributed by atoms with E-state index in [1.807, 2.05) is 48.0 Å². The molecule has 2 amide bonds. The molecule has 2 aliphatic carbocycles. The molecule has 2 bridgehead atoms. The zero-order valence-electron chi connectivity index (χ0n) is 14.7. The number of allylic oxidation sites excluding steroid dienone is 2. The van der Waals surface area contributed by atoms with Crippen LogP contribution in [0.3, 0.4) is 0 Å². The van der Waals surface area contributed by atoms with E-state index in [4.69, 9.17) is 11.6 Å². The summed E-state index contributed by atoms with van der Waals surface area (Å²) in [5.41, 5.74) is 2.71. The summed E-state index contributed by atoms with van der Waals surface area (Å²) in [7, 11) is 0. The van der Waals surface area contributed by atoms with Crippen LogP contribution < -0.4 is 0 Å². The van der Waals surface area contributed by atoms with Crippen LogP contribution in [0.15, 0.2) is 53.8 Å². The third-order valence-corrected chi connectivity index (χ3v) is 6.38. The minimum atomic E-state index is -0.227. The Morgan fingerprint density at radius 3 is 2.48 bits per heavy atom. The van der Waals surface area contributed by atoms with Crippen LogP contribution in [-0.2, 0) is 9.59 Å². The van der Waals surface area contributed by atoms with Gasteiger partial charge in [0, 0.05) is 16.9 Å². The molecule has 136 valence electrons. The summed E-state index contributed by atoms with van der Waals surface area (Å²) < 4.78 is 1.95. The van der Waals surface area contributed by atoms with Crippen LogP contribution in [0.1, 0.15) is 17.7 Å². The van der Waals surface area contributed by atoms with E-state index in [1.165, 1.54) is 0 Å². The minimum Gasteiger partial charge on any atom is -0.316 e. The van der Waals surface area contributed by atoms with Gasteiger partial charge >= 0.3 is 0 Å². The molecule has 2 aromatic rings. The van der Waals surface area contributed by atoms with Crippen LogP contribution in [0.25, 0.3) is 5.69 Å². The van der Waals surface area contributed by atoms with Gasteiger partial charge in [0.05, 0.1) is 23.7 Å². The van der Waals surface area contributed by atoms with Crippen molar-refractivity contribution in [3.8, 4) is 5.69 Å². The number of benzene rings is 1. The van der Waals surface area contributed by atoms with Gasteiger partial charge in [-0.25, -0.2) is 0 Å². The van der Waals surface area contributed by atoms with E-state index in [9.17, 15) is 9.59 Å². The van der Waals surface area contributed by atoms with E-state index in [1.54, 1.807) is 6.21 Å². The van der Waals surface area contributed by atoms with Gasteiger partial charge in [0.25, 0.3) is 11.8 Å². The lowest BCUT2D eigenvalue weighted by Gasteiger charge is -2.13. The number of amides is 2. The second kappa shape index (κ2) is 5.92. The number of carbonyl (C=O) groups is 2. The number of halogens is 1. The molecular weight excluding hydrogens is 362 g/mol. The lowest BCUT2D eigenvalue weighted by atomic mass is 9.85. The average Bonchev–Trinajstić information content (AvgIpc) is 3.41. The smallest absolute Gasteiger partial charge is 0.254 e. The number of hydrogen-bond donors (Lipinski definition) is 0. The van der Waals surface area contributed by atoms with Crippen molar-refractivity contribution in [2.24, 2.45) is 28.8 Å². The van der Waals surface area contributed by atoms with E-state index >= 15 is 0 Å². The van der Waals surface area contributed by atoms with Crippen LogP contribution in [-0.4, -0.2) is 27.6 Å². The van der Waals surface area contributed by atoms with E-state index in [-0.39, 0.29) is 35.5 Å². The first-order valence-corrected chi connectivity index (χ1v) is 9.46. The SMILES string of the molecule is Cc1cc(-n2cccc2C=NN2C(=O)C3C4C=CC(C4)C3C2=O)ccc1Cl. The summed E-state index contributed by atoms with van der Waals surface area (Å²) >= 11 is 6.11. The predicted octanol–water partition coefficient (Wildman–Crippen LogP) is 3.58. The predicted molar refractivity (Wildman–Crippen MR) is 103 cm³/mol. The summed E-state index contributed by atoms with van der Waals surface area (Å²) in [5, 5.41) is 6.06. The van der Waals surface area contributed by atoms with Crippen LogP contribution in [0.4, 0.5) is 0 Å². The molecule has 1 aliphatic heterocycles. The number of hydrazone groups is 1. The molecule has 1 saturated carbocycles. The normalized spacial score (nSPS) is 28.7. The molecule has 6 heteroatoms. The second-order valence-electron chi connectivity index (χ2n) is 7.47. The molecule has 1 saturated heterocycles. The van der Waals surface area contributed by atoms with E-state index in [0.717, 1.165) is 28.4 Å². The fraction of sp³-hybridized carbons (Fsp3) is 0.286. The quantitative estimate of drug-likeness (QED) is 0.465. The van der Waals surface area contributed by atoms with Gasteiger partial charge in [0.15, 0.2) is 0 Å². The average molecular weight is 380 g/mol. The van der Waals surface area contributed by atoms with Crippen LogP contribution >= 0.6 is 11.6 Å². The lowest BCUT2D eigenvalue weighted by Crippen LogP contribution is -2.28. The highest BCUT2D eigenvalue weighted by molar-refractivity contribution is 6.31. The van der Waals surface area contributed by atoms with E-state index in [2.05, 4.69) is 17.3 Å². The molecule has 2 fully saturated rings. The zero-order chi connectivity index (χ0) is 18.7. The van der Waals surface area contributed by atoms with Crippen molar-refractivity contribution in [3.05, 3.63) is 65.0 Å². The van der Waals surface area contributed by atoms with Crippen LogP contribution in [0.2, 0.25) is 5.02 Å². The number of fused-ring (bicyclic) bond motifs is 5. The molecule has 5 rings (SSSR count). The van der Waals surface area contributed by atoms with Crippen molar-refractivity contribution >= 4 is 29.6 Å². The molecule has 4 unspecified atom stereocenters. The maximum Gasteiger partial charge on any atom is 0.254 e. The van der Waals surface area contributed by atoms with Crippen molar-refractivity contribution in [1.29, 1.82) is 0 Å². The van der Waals surface area contributed by atoms with Gasteiger partial charge < -0.3 is 4.57 Å². The summed E-state index contributed by atoms with van der Waals surface area (Å²) in [4.78, 5) is 25.4. The molecule has 0 N–H and O–H groups in total. The van der Waals surface area contributed by atoms with Crippen molar-refractivity contribution in [3.63, 3.8) is 0 Å². The molecule has 1 aromatic carbocycles. The maximum atomic E-state index is 12.7. The Balaban J connectivity index is 1.43. The van der Waals surface area contributed by atoms with Gasteiger partial charge in [0.2, 0.25) is 0 Å². The van der Waals surface area contributed by atoms with Gasteiger partial charge in [-0.3, -0.25) is 9.59 Å². The number of carbonyl (C=O) groups excluding carboxylic acids is 2. The molecule has 27 heavy (non-hydrogen) atoms. The molecule has 1 aromatic heterocycles. The second-order valence-corrected chi connectivity index (χ2v) is 7.88. The highest BCUT2D eigenvalue weighted by atomic mass is 35.5. The Labute approximate surface area is 161 Å². The zero-order valence-corrected chi connectivity index (χ0v) is 15.5.